The molecule has 2 amide bonds. The maximum Gasteiger partial charge on any atom is 0.234 e. The van der Waals surface area contributed by atoms with Crippen LogP contribution in [0, 0.1) is 0 Å². The molecule has 0 aliphatic carbocycles. The molecule has 5 rings (SSSR count). The molecule has 1 fully saturated rings. The zero-order valence-electron chi connectivity index (χ0n) is 24.0. The van der Waals surface area contributed by atoms with Crippen molar-refractivity contribution in [2.24, 2.45) is 0 Å². The molecule has 2 heterocycles. The number of para-hydroxylation sites is 2. The van der Waals surface area contributed by atoms with Gasteiger partial charge in [-0.3, -0.25) is 14.5 Å². The molecule has 41 heavy (non-hydrogen) atoms. The van der Waals surface area contributed by atoms with Crippen LogP contribution >= 0.6 is 0 Å². The van der Waals surface area contributed by atoms with Crippen LogP contribution in [-0.4, -0.2) is 65.9 Å². The molecule has 214 valence electrons. The third-order valence-corrected chi connectivity index (χ3v) is 8.17. The second-order valence-electron chi connectivity index (χ2n) is 11.0. The molecule has 7 nitrogen and oxygen atoms in total. The highest BCUT2D eigenvalue weighted by atomic mass is 16.5. The van der Waals surface area contributed by atoms with Gasteiger partial charge in [-0.05, 0) is 61.5 Å². The molecule has 1 aliphatic heterocycles. The van der Waals surface area contributed by atoms with Gasteiger partial charge in [0.2, 0.25) is 11.8 Å². The largest absolute Gasteiger partial charge is 0.496 e. The van der Waals surface area contributed by atoms with Gasteiger partial charge in [0.1, 0.15) is 5.75 Å². The number of ether oxygens (including phenoxy) is 1. The monoisotopic (exact) mass is 552 g/mol. The van der Waals surface area contributed by atoms with Crippen LogP contribution in [0.4, 0.5) is 0 Å². The van der Waals surface area contributed by atoms with E-state index in [4.69, 9.17) is 4.74 Å². The first-order valence-electron chi connectivity index (χ1n) is 14.5. The minimum absolute atomic E-state index is 0.00574. The second kappa shape index (κ2) is 13.5. The lowest BCUT2D eigenvalue weighted by atomic mass is 9.89. The predicted molar refractivity (Wildman–Crippen MR) is 163 cm³/mol. The summed E-state index contributed by atoms with van der Waals surface area (Å²) in [6.45, 7) is 4.54. The van der Waals surface area contributed by atoms with Crippen LogP contribution in [-0.2, 0) is 22.6 Å². The zero-order valence-corrected chi connectivity index (χ0v) is 24.0. The predicted octanol–water partition coefficient (Wildman–Crippen LogP) is 5.13. The van der Waals surface area contributed by atoms with Gasteiger partial charge in [0.25, 0.3) is 0 Å². The standard InChI is InChI=1S/C34H40N4O3/c1-25(39)38(22-28-12-6-9-15-33(28)41-2)23-30(20-29-21-35-32-14-8-7-13-31(29)32)36-34(40)24-37-18-16-27(17-19-37)26-10-4-3-5-11-26/h3-15,21,27,30,35H,16-20,22-24H2,1-2H3,(H,36,40)/t30-/m1/s1. The summed E-state index contributed by atoms with van der Waals surface area (Å²) >= 11 is 0. The number of H-pyrrole nitrogens is 1. The number of aromatic nitrogens is 1. The van der Waals surface area contributed by atoms with Crippen LogP contribution in [0.15, 0.2) is 85.1 Å². The summed E-state index contributed by atoms with van der Waals surface area (Å²) in [5, 5.41) is 4.42. The molecule has 1 aliphatic rings. The Kier molecular flexibility index (Phi) is 9.36. The lowest BCUT2D eigenvalue weighted by Gasteiger charge is -2.33. The maximum atomic E-state index is 13.4. The highest BCUT2D eigenvalue weighted by molar-refractivity contribution is 5.83. The Morgan fingerprint density at radius 1 is 0.976 bits per heavy atom. The summed E-state index contributed by atoms with van der Waals surface area (Å²) in [6.07, 6.45) is 4.72. The Labute approximate surface area is 242 Å². The number of benzene rings is 3. The number of hydrogen-bond donors (Lipinski definition) is 2. The Morgan fingerprint density at radius 2 is 1.68 bits per heavy atom. The number of amides is 2. The van der Waals surface area contributed by atoms with Gasteiger partial charge < -0.3 is 19.9 Å². The molecular weight excluding hydrogens is 512 g/mol. The quantitative estimate of drug-likeness (QED) is 0.270. The van der Waals surface area contributed by atoms with Gasteiger partial charge in [0.05, 0.1) is 19.7 Å². The fourth-order valence-electron chi connectivity index (χ4n) is 5.96. The van der Waals surface area contributed by atoms with Crippen molar-refractivity contribution in [3.63, 3.8) is 0 Å². The van der Waals surface area contributed by atoms with Crippen LogP contribution in [0.5, 0.6) is 5.75 Å². The van der Waals surface area contributed by atoms with E-state index in [0.717, 1.165) is 53.7 Å². The van der Waals surface area contributed by atoms with Gasteiger partial charge >= 0.3 is 0 Å². The number of likely N-dealkylation sites (tertiary alicyclic amines) is 1. The van der Waals surface area contributed by atoms with Crippen LogP contribution < -0.4 is 10.1 Å². The van der Waals surface area contributed by atoms with E-state index < -0.39 is 0 Å². The molecule has 2 N–H and O–H groups in total. The van der Waals surface area contributed by atoms with E-state index in [1.165, 1.54) is 5.56 Å². The number of carbonyl (C=O) groups is 2. The molecule has 4 aromatic rings. The molecule has 0 spiro atoms. The van der Waals surface area contributed by atoms with Gasteiger partial charge in [-0.2, -0.15) is 0 Å². The molecule has 0 unspecified atom stereocenters. The first-order chi connectivity index (χ1) is 20.0. The average Bonchev–Trinajstić information content (AvgIpc) is 3.40. The Hall–Kier alpha value is -4.10. The van der Waals surface area contributed by atoms with Crippen molar-refractivity contribution in [3.8, 4) is 5.75 Å². The molecular formula is C34H40N4O3. The van der Waals surface area contributed by atoms with E-state index in [9.17, 15) is 9.59 Å². The first kappa shape index (κ1) is 28.4. The zero-order chi connectivity index (χ0) is 28.6. The third kappa shape index (κ3) is 7.35. The van der Waals surface area contributed by atoms with Crippen molar-refractivity contribution in [2.45, 2.75) is 44.7 Å². The molecule has 0 bridgehead atoms. The summed E-state index contributed by atoms with van der Waals surface area (Å²) in [4.78, 5) is 33.6. The summed E-state index contributed by atoms with van der Waals surface area (Å²) < 4.78 is 5.53. The fraction of sp³-hybridized carbons (Fsp3) is 0.353. The van der Waals surface area contributed by atoms with Crippen LogP contribution in [0.25, 0.3) is 10.9 Å². The van der Waals surface area contributed by atoms with Crippen LogP contribution in [0.2, 0.25) is 0 Å². The molecule has 0 saturated carbocycles. The highest BCUT2D eigenvalue weighted by Gasteiger charge is 2.25. The number of nitrogens with zero attached hydrogens (tertiary/aromatic N) is 2. The highest BCUT2D eigenvalue weighted by Crippen LogP contribution is 2.27. The molecule has 7 heteroatoms. The van der Waals surface area contributed by atoms with Crippen molar-refractivity contribution < 1.29 is 14.3 Å². The number of nitrogens with one attached hydrogen (secondary N) is 2. The number of rotatable bonds is 11. The Balaban J connectivity index is 1.27. The second-order valence-corrected chi connectivity index (χ2v) is 11.0. The van der Waals surface area contributed by atoms with Crippen LogP contribution in [0.3, 0.4) is 0 Å². The number of methoxy groups -OCH3 is 1. The number of aromatic amines is 1. The number of hydrogen-bond acceptors (Lipinski definition) is 4. The average molecular weight is 553 g/mol. The minimum atomic E-state index is -0.248. The SMILES string of the molecule is COc1ccccc1CN(C[C@@H](Cc1c[nH]c2ccccc12)NC(=O)CN1CCC(c2ccccc2)CC1)C(C)=O. The van der Waals surface area contributed by atoms with Crippen molar-refractivity contribution >= 4 is 22.7 Å². The number of piperidine rings is 1. The smallest absolute Gasteiger partial charge is 0.234 e. The normalized spacial score (nSPS) is 15.0. The fourth-order valence-corrected chi connectivity index (χ4v) is 5.96. The lowest BCUT2D eigenvalue weighted by molar-refractivity contribution is -0.131. The minimum Gasteiger partial charge on any atom is -0.496 e. The topological polar surface area (TPSA) is 77.7 Å². The third-order valence-electron chi connectivity index (χ3n) is 8.17. The number of fused-ring (bicyclic) bond motifs is 1. The van der Waals surface area contributed by atoms with Gasteiger partial charge in [-0.15, -0.1) is 0 Å². The summed E-state index contributed by atoms with van der Waals surface area (Å²) in [5.41, 5.74) is 4.50. The van der Waals surface area contributed by atoms with E-state index in [0.29, 0.717) is 32.0 Å². The van der Waals surface area contributed by atoms with Gasteiger partial charge in [-0.1, -0.05) is 66.7 Å². The number of carbonyl (C=O) groups excluding carboxylic acids is 2. The summed E-state index contributed by atoms with van der Waals surface area (Å²) in [7, 11) is 1.64. The van der Waals surface area contributed by atoms with Crippen LogP contribution in [0.1, 0.15) is 42.4 Å². The van der Waals surface area contributed by atoms with Gasteiger partial charge in [0, 0.05) is 42.7 Å². The van der Waals surface area contributed by atoms with Gasteiger partial charge in [0.15, 0.2) is 0 Å². The maximum absolute atomic E-state index is 13.4. The first-order valence-corrected chi connectivity index (χ1v) is 14.5. The summed E-state index contributed by atoms with van der Waals surface area (Å²) in [5.74, 6) is 1.24. The van der Waals surface area contributed by atoms with E-state index in [-0.39, 0.29) is 17.9 Å². The van der Waals surface area contributed by atoms with Crippen molar-refractivity contribution in [3.05, 3.63) is 102 Å². The van der Waals surface area contributed by atoms with E-state index >= 15 is 0 Å². The molecule has 1 aromatic heterocycles. The summed E-state index contributed by atoms with van der Waals surface area (Å²) in [6, 6.07) is 26.3. The van der Waals surface area contributed by atoms with E-state index in [2.05, 4.69) is 57.7 Å². The van der Waals surface area contributed by atoms with E-state index in [1.54, 1.807) is 18.9 Å². The Morgan fingerprint density at radius 3 is 2.44 bits per heavy atom. The Bertz CT molecular complexity index is 1440. The van der Waals surface area contributed by atoms with E-state index in [1.807, 2.05) is 42.6 Å². The molecule has 0 radical (unpaired) electrons. The lowest BCUT2D eigenvalue weighted by Crippen LogP contribution is -2.49. The molecule has 3 aromatic carbocycles. The van der Waals surface area contributed by atoms with Crippen molar-refractivity contribution in [1.29, 1.82) is 0 Å². The molecule has 1 atom stereocenters. The van der Waals surface area contributed by atoms with Crippen molar-refractivity contribution in [1.82, 2.24) is 20.1 Å². The van der Waals surface area contributed by atoms with Gasteiger partial charge in [-0.25, -0.2) is 0 Å². The molecule has 1 saturated heterocycles. The van der Waals surface area contributed by atoms with Crippen molar-refractivity contribution in [2.75, 3.05) is 33.3 Å².